The van der Waals surface area contributed by atoms with E-state index in [1.54, 1.807) is 5.56 Å². The minimum atomic E-state index is 0.630. The number of fused-ring (bicyclic) bond motifs is 7. The Morgan fingerprint density at radius 1 is 1.05 bits per heavy atom. The van der Waals surface area contributed by atoms with Gasteiger partial charge in [0.1, 0.15) is 0 Å². The highest BCUT2D eigenvalue weighted by Gasteiger charge is 2.41. The molecule has 3 aliphatic heterocycles. The normalized spacial score (nSPS) is 30.2. The molecule has 3 aliphatic rings. The van der Waals surface area contributed by atoms with Crippen LogP contribution in [0.25, 0.3) is 10.9 Å². The molecular formula is C17H21N3. The number of para-hydroxylation sites is 1. The molecule has 3 nitrogen and oxygen atoms in total. The molecule has 0 amide bonds. The van der Waals surface area contributed by atoms with Gasteiger partial charge >= 0.3 is 0 Å². The van der Waals surface area contributed by atoms with Gasteiger partial charge in [-0.2, -0.15) is 0 Å². The number of nitrogens with zero attached hydrogens (tertiary/aromatic N) is 2. The summed E-state index contributed by atoms with van der Waals surface area (Å²) >= 11 is 0. The van der Waals surface area contributed by atoms with Gasteiger partial charge in [0.25, 0.3) is 0 Å². The number of hydrogen-bond acceptors (Lipinski definition) is 2. The molecule has 2 fully saturated rings. The standard InChI is InChI=1S/C17H21N3/c1-2-5-14-12(4-1)13-7-11-20-15(17(13)18-14)8-10-19-9-3-6-16(19)20/h1-2,4-5,15-16,18H,3,6-11H2/t15-,16-/m0/s1. The molecule has 3 heteroatoms. The highest BCUT2D eigenvalue weighted by atomic mass is 15.4. The van der Waals surface area contributed by atoms with E-state index < -0.39 is 0 Å². The second kappa shape index (κ2) is 4.09. The van der Waals surface area contributed by atoms with Gasteiger partial charge in [-0.05, 0) is 43.9 Å². The second-order valence-corrected chi connectivity index (χ2v) is 6.51. The maximum absolute atomic E-state index is 3.73. The molecule has 0 spiro atoms. The lowest BCUT2D eigenvalue weighted by Crippen LogP contribution is -2.53. The van der Waals surface area contributed by atoms with Crippen molar-refractivity contribution < 1.29 is 0 Å². The van der Waals surface area contributed by atoms with E-state index in [0.29, 0.717) is 12.2 Å². The summed E-state index contributed by atoms with van der Waals surface area (Å²) in [7, 11) is 0. The van der Waals surface area contributed by atoms with Crippen LogP contribution in [0.1, 0.15) is 36.6 Å². The van der Waals surface area contributed by atoms with Crippen LogP contribution >= 0.6 is 0 Å². The topological polar surface area (TPSA) is 22.3 Å². The molecule has 104 valence electrons. The van der Waals surface area contributed by atoms with E-state index in [1.807, 2.05) is 0 Å². The zero-order valence-electron chi connectivity index (χ0n) is 11.8. The minimum Gasteiger partial charge on any atom is -0.357 e. The average Bonchev–Trinajstić information content (AvgIpc) is 3.11. The first-order valence-corrected chi connectivity index (χ1v) is 8.01. The molecule has 0 unspecified atom stereocenters. The largest absolute Gasteiger partial charge is 0.357 e. The van der Waals surface area contributed by atoms with Gasteiger partial charge in [0, 0.05) is 29.7 Å². The molecule has 2 atom stereocenters. The third kappa shape index (κ3) is 1.42. The summed E-state index contributed by atoms with van der Waals surface area (Å²) in [6.07, 6.45) is 5.96. The molecule has 1 aromatic heterocycles. The SMILES string of the molecule is c1ccc2c3c([nH]c2c1)[C@@H]1CCN2CCC[C@@H]2N1CC3. The molecule has 4 heterocycles. The van der Waals surface area contributed by atoms with Gasteiger partial charge in [-0.1, -0.05) is 18.2 Å². The summed E-state index contributed by atoms with van der Waals surface area (Å²) < 4.78 is 0. The zero-order chi connectivity index (χ0) is 13.1. The van der Waals surface area contributed by atoms with E-state index >= 15 is 0 Å². The predicted molar refractivity (Wildman–Crippen MR) is 80.7 cm³/mol. The number of rotatable bonds is 0. The van der Waals surface area contributed by atoms with Crippen LogP contribution in [0.3, 0.4) is 0 Å². The Labute approximate surface area is 119 Å². The first-order valence-electron chi connectivity index (χ1n) is 8.01. The maximum atomic E-state index is 3.73. The van der Waals surface area contributed by atoms with E-state index in [0.717, 1.165) is 0 Å². The van der Waals surface area contributed by atoms with Crippen molar-refractivity contribution in [3.05, 3.63) is 35.5 Å². The highest BCUT2D eigenvalue weighted by Crippen LogP contribution is 2.42. The maximum Gasteiger partial charge on any atom is 0.0628 e. The summed E-state index contributed by atoms with van der Waals surface area (Å²) in [4.78, 5) is 9.21. The molecule has 0 aliphatic carbocycles. The number of hydrogen-bond donors (Lipinski definition) is 1. The molecule has 2 saturated heterocycles. The van der Waals surface area contributed by atoms with Crippen LogP contribution in [0.2, 0.25) is 0 Å². The molecular weight excluding hydrogens is 246 g/mol. The van der Waals surface area contributed by atoms with E-state index in [2.05, 4.69) is 39.0 Å². The highest BCUT2D eigenvalue weighted by molar-refractivity contribution is 5.85. The van der Waals surface area contributed by atoms with Crippen LogP contribution in [0.15, 0.2) is 24.3 Å². The lowest BCUT2D eigenvalue weighted by Gasteiger charge is -2.47. The molecule has 0 saturated carbocycles. The van der Waals surface area contributed by atoms with Crippen molar-refractivity contribution in [2.24, 2.45) is 0 Å². The van der Waals surface area contributed by atoms with Crippen molar-refractivity contribution in [2.45, 2.75) is 37.9 Å². The van der Waals surface area contributed by atoms with Gasteiger partial charge < -0.3 is 4.98 Å². The van der Waals surface area contributed by atoms with Crippen LogP contribution in [-0.2, 0) is 6.42 Å². The fourth-order valence-corrected chi connectivity index (χ4v) is 4.74. The van der Waals surface area contributed by atoms with E-state index in [9.17, 15) is 0 Å². The average molecular weight is 267 g/mol. The Morgan fingerprint density at radius 2 is 2.00 bits per heavy atom. The second-order valence-electron chi connectivity index (χ2n) is 6.51. The summed E-state index contributed by atoms with van der Waals surface area (Å²) in [5.41, 5.74) is 4.44. The molecule has 1 aromatic carbocycles. The summed E-state index contributed by atoms with van der Waals surface area (Å²) in [6.45, 7) is 3.83. The molecule has 0 bridgehead atoms. The smallest absolute Gasteiger partial charge is 0.0628 e. The molecule has 0 radical (unpaired) electrons. The molecule has 5 rings (SSSR count). The fourth-order valence-electron chi connectivity index (χ4n) is 4.74. The zero-order valence-corrected chi connectivity index (χ0v) is 11.8. The van der Waals surface area contributed by atoms with Crippen LogP contribution in [0.5, 0.6) is 0 Å². The van der Waals surface area contributed by atoms with Crippen molar-refractivity contribution in [1.29, 1.82) is 0 Å². The van der Waals surface area contributed by atoms with Gasteiger partial charge in [-0.25, -0.2) is 0 Å². The number of aromatic amines is 1. The number of aromatic nitrogens is 1. The monoisotopic (exact) mass is 267 g/mol. The van der Waals surface area contributed by atoms with Crippen LogP contribution in [-0.4, -0.2) is 40.6 Å². The van der Waals surface area contributed by atoms with Crippen molar-refractivity contribution in [3.8, 4) is 0 Å². The summed E-state index contributed by atoms with van der Waals surface area (Å²) in [6, 6.07) is 9.45. The Bertz CT molecular complexity index is 659. The fraction of sp³-hybridized carbons (Fsp3) is 0.529. The number of benzene rings is 1. The summed E-state index contributed by atoms with van der Waals surface area (Å²) in [5.74, 6) is 0. The van der Waals surface area contributed by atoms with Crippen LogP contribution in [0, 0.1) is 0 Å². The van der Waals surface area contributed by atoms with Gasteiger partial charge in [0.15, 0.2) is 0 Å². The van der Waals surface area contributed by atoms with E-state index in [4.69, 9.17) is 0 Å². The predicted octanol–water partition coefficient (Wildman–Crippen LogP) is 2.89. The van der Waals surface area contributed by atoms with Gasteiger partial charge in [0.2, 0.25) is 0 Å². The Hall–Kier alpha value is -1.32. The van der Waals surface area contributed by atoms with Crippen molar-refractivity contribution in [1.82, 2.24) is 14.8 Å². The first kappa shape index (κ1) is 11.4. The molecule has 2 aromatic rings. The van der Waals surface area contributed by atoms with E-state index in [-0.39, 0.29) is 0 Å². The number of nitrogens with one attached hydrogen (secondary N) is 1. The van der Waals surface area contributed by atoms with E-state index in [1.165, 1.54) is 61.9 Å². The molecule has 1 N–H and O–H groups in total. The van der Waals surface area contributed by atoms with Gasteiger partial charge in [0.05, 0.1) is 12.2 Å². The van der Waals surface area contributed by atoms with Crippen molar-refractivity contribution >= 4 is 10.9 Å². The third-order valence-electron chi connectivity index (χ3n) is 5.60. The van der Waals surface area contributed by atoms with Crippen LogP contribution < -0.4 is 0 Å². The van der Waals surface area contributed by atoms with Crippen molar-refractivity contribution in [2.75, 3.05) is 19.6 Å². The van der Waals surface area contributed by atoms with Crippen molar-refractivity contribution in [3.63, 3.8) is 0 Å². The number of H-pyrrole nitrogens is 1. The Balaban J connectivity index is 1.62. The summed E-state index contributed by atoms with van der Waals surface area (Å²) in [5, 5.41) is 1.45. The quantitative estimate of drug-likeness (QED) is 0.793. The van der Waals surface area contributed by atoms with Crippen LogP contribution in [0.4, 0.5) is 0 Å². The lowest BCUT2D eigenvalue weighted by atomic mass is 9.92. The Morgan fingerprint density at radius 3 is 3.00 bits per heavy atom. The van der Waals surface area contributed by atoms with Gasteiger partial charge in [-0.15, -0.1) is 0 Å². The lowest BCUT2D eigenvalue weighted by molar-refractivity contribution is -0.0161. The first-order chi connectivity index (χ1) is 9.92. The van der Waals surface area contributed by atoms with Gasteiger partial charge in [-0.3, -0.25) is 9.80 Å². The Kier molecular flexibility index (Phi) is 2.32. The minimum absolute atomic E-state index is 0.630. The molecule has 20 heavy (non-hydrogen) atoms. The third-order valence-corrected chi connectivity index (χ3v) is 5.60.